The molecule has 0 aliphatic carbocycles. The molecule has 1 aliphatic heterocycles. The fraction of sp³-hybridized carbons (Fsp3) is 0.308. The largest absolute Gasteiger partial charge is 0.443 e. The number of ether oxygens (including phenoxy) is 1. The summed E-state index contributed by atoms with van der Waals surface area (Å²) in [6.07, 6.45) is -2.82. The molecular formula is C39H42F3N8O7S+. The molecule has 58 heavy (non-hydrogen) atoms. The van der Waals surface area contributed by atoms with Gasteiger partial charge < -0.3 is 19.4 Å². The number of likely N-dealkylation sites (tertiary alicyclic amines) is 1. The van der Waals surface area contributed by atoms with Gasteiger partial charge in [-0.15, -0.1) is 0 Å². The molecule has 0 radical (unpaired) electrons. The molecule has 0 unspecified atom stereocenters. The number of quaternary nitrogens is 1. The number of likely N-dealkylation sites (N-methyl/N-ethyl adjacent to an activating group) is 1. The quantitative estimate of drug-likeness (QED) is 0.151. The molecular weight excluding hydrogens is 782 g/mol. The zero-order valence-electron chi connectivity index (χ0n) is 32.0. The Morgan fingerprint density at radius 2 is 1.64 bits per heavy atom. The van der Waals surface area contributed by atoms with Crippen molar-refractivity contribution >= 4 is 22.2 Å². The maximum absolute atomic E-state index is 14.0. The van der Waals surface area contributed by atoms with Crippen molar-refractivity contribution in [2.75, 3.05) is 47.4 Å². The molecule has 15 nitrogen and oxygen atoms in total. The number of piperidine rings is 1. The van der Waals surface area contributed by atoms with Crippen molar-refractivity contribution in [3.8, 4) is 28.8 Å². The number of carbonyl (C=O) groups is 2. The SMILES string of the molecule is Cc1c(-c2ccnn2-c2ccc(C#N)cc2)n(C(=O)NC2CCN(C(=O)OCC[N+](C)(C)C)CC2)c(=O)n1-c1cccc(C(F)(F)F)c1.O=S(=O)(O)c1ccccc1. The summed E-state index contributed by atoms with van der Waals surface area (Å²) in [6.45, 7) is 3.11. The second-order valence-corrected chi connectivity index (χ2v) is 15.8. The lowest BCUT2D eigenvalue weighted by molar-refractivity contribution is -0.870. The third-order valence-electron chi connectivity index (χ3n) is 9.15. The number of nitrogens with one attached hydrogen (secondary N) is 1. The first-order valence-electron chi connectivity index (χ1n) is 17.9. The van der Waals surface area contributed by atoms with Crippen molar-refractivity contribution in [1.29, 1.82) is 5.26 Å². The molecule has 0 atom stereocenters. The molecule has 0 saturated carbocycles. The van der Waals surface area contributed by atoms with E-state index >= 15 is 0 Å². The van der Waals surface area contributed by atoms with Gasteiger partial charge in [0.05, 0.1) is 72.2 Å². The van der Waals surface area contributed by atoms with Gasteiger partial charge >= 0.3 is 24.0 Å². The molecule has 19 heteroatoms. The van der Waals surface area contributed by atoms with Gasteiger partial charge in [-0.2, -0.15) is 31.9 Å². The van der Waals surface area contributed by atoms with E-state index in [1.54, 1.807) is 60.4 Å². The van der Waals surface area contributed by atoms with Crippen molar-refractivity contribution in [2.24, 2.45) is 0 Å². The van der Waals surface area contributed by atoms with E-state index < -0.39 is 45.7 Å². The average molecular weight is 824 g/mol. The van der Waals surface area contributed by atoms with Crippen LogP contribution in [-0.2, 0) is 21.0 Å². The molecule has 6 rings (SSSR count). The summed E-state index contributed by atoms with van der Waals surface area (Å²) in [5.41, 5.74) is -0.297. The first-order chi connectivity index (χ1) is 27.3. The average Bonchev–Trinajstić information content (AvgIpc) is 3.76. The summed E-state index contributed by atoms with van der Waals surface area (Å²) < 4.78 is 79.7. The van der Waals surface area contributed by atoms with Crippen molar-refractivity contribution in [3.63, 3.8) is 0 Å². The van der Waals surface area contributed by atoms with E-state index in [-0.39, 0.29) is 28.6 Å². The van der Waals surface area contributed by atoms with Crippen LogP contribution < -0.4 is 11.0 Å². The second kappa shape index (κ2) is 17.5. The Labute approximate surface area is 332 Å². The topological polar surface area (TPSA) is 182 Å². The summed E-state index contributed by atoms with van der Waals surface area (Å²) in [5.74, 6) is 0. The van der Waals surface area contributed by atoms with Gasteiger partial charge in [0.1, 0.15) is 18.8 Å². The number of imidazole rings is 1. The molecule has 1 fully saturated rings. The number of benzene rings is 3. The highest BCUT2D eigenvalue weighted by Gasteiger charge is 2.33. The Bertz CT molecular complexity index is 2460. The van der Waals surface area contributed by atoms with Crippen LogP contribution in [-0.4, -0.2) is 107 Å². The lowest BCUT2D eigenvalue weighted by Gasteiger charge is -2.32. The molecule has 0 spiro atoms. The molecule has 1 aliphatic rings. The second-order valence-electron chi connectivity index (χ2n) is 14.3. The molecule has 3 heterocycles. The Morgan fingerprint density at radius 3 is 2.21 bits per heavy atom. The summed E-state index contributed by atoms with van der Waals surface area (Å²) in [6, 6.07) is 20.7. The highest BCUT2D eigenvalue weighted by molar-refractivity contribution is 7.85. The van der Waals surface area contributed by atoms with Crippen LogP contribution in [0.2, 0.25) is 0 Å². The predicted octanol–water partition coefficient (Wildman–Crippen LogP) is 5.49. The zero-order chi connectivity index (χ0) is 42.4. The van der Waals surface area contributed by atoms with Gasteiger partial charge in [0.25, 0.3) is 10.1 Å². The summed E-state index contributed by atoms with van der Waals surface area (Å²) in [4.78, 5) is 42.0. The van der Waals surface area contributed by atoms with Crippen LogP contribution in [0.3, 0.4) is 0 Å². The predicted molar refractivity (Wildman–Crippen MR) is 206 cm³/mol. The van der Waals surface area contributed by atoms with Crippen LogP contribution in [0.5, 0.6) is 0 Å². The third-order valence-corrected chi connectivity index (χ3v) is 10.0. The van der Waals surface area contributed by atoms with Crippen molar-refractivity contribution in [1.82, 2.24) is 29.1 Å². The van der Waals surface area contributed by atoms with Crippen LogP contribution in [0.1, 0.15) is 29.7 Å². The summed E-state index contributed by atoms with van der Waals surface area (Å²) in [5, 5.41) is 16.5. The third kappa shape index (κ3) is 10.4. The Morgan fingerprint density at radius 1 is 0.983 bits per heavy atom. The van der Waals surface area contributed by atoms with Crippen molar-refractivity contribution < 1.29 is 45.0 Å². The molecule has 0 bridgehead atoms. The van der Waals surface area contributed by atoms with E-state index in [4.69, 9.17) is 9.29 Å². The molecule has 5 aromatic rings. The number of amides is 2. The fourth-order valence-electron chi connectivity index (χ4n) is 6.12. The van der Waals surface area contributed by atoms with E-state index in [1.165, 1.54) is 35.1 Å². The number of halogens is 3. The summed E-state index contributed by atoms with van der Waals surface area (Å²) >= 11 is 0. The standard InChI is InChI=1S/C33H35F3N8O4.C6H6O3S/c1-22-29(28-12-15-38-43(28)26-10-8-23(21-37)9-11-26)42(31(46)41(22)27-7-5-6-24(20-27)33(34,35)36)30(45)39-25-13-16-40(17-14-25)32(47)48-19-18-44(2,3)4;7-10(8,9)6-4-2-1-3-5-6/h5-12,15,20,25H,13-14,16-19H2,1-4H3;1-5H,(H,7,8,9)/p+1. The van der Waals surface area contributed by atoms with E-state index in [0.717, 1.165) is 21.3 Å². The van der Waals surface area contributed by atoms with Crippen molar-refractivity contribution in [3.05, 3.63) is 118 Å². The lowest BCUT2D eigenvalue weighted by atomic mass is 10.1. The van der Waals surface area contributed by atoms with Gasteiger partial charge in [0.15, 0.2) is 0 Å². The highest BCUT2D eigenvalue weighted by atomic mass is 32.2. The first kappa shape index (κ1) is 42.9. The molecule has 2 amide bonds. The number of nitriles is 1. The van der Waals surface area contributed by atoms with Gasteiger partial charge in [0, 0.05) is 19.1 Å². The normalized spacial score (nSPS) is 13.6. The number of alkyl halides is 3. The number of hydrogen-bond acceptors (Lipinski definition) is 8. The van der Waals surface area contributed by atoms with E-state index in [0.29, 0.717) is 53.9 Å². The molecule has 3 aromatic carbocycles. The minimum atomic E-state index is -4.66. The van der Waals surface area contributed by atoms with E-state index in [9.17, 15) is 41.2 Å². The maximum Gasteiger partial charge on any atom is 0.416 e. The van der Waals surface area contributed by atoms with E-state index in [2.05, 4.69) is 10.4 Å². The van der Waals surface area contributed by atoms with Crippen LogP contribution in [0.25, 0.3) is 22.8 Å². The number of aromatic nitrogens is 4. The Hall–Kier alpha value is -6.23. The first-order valence-corrected chi connectivity index (χ1v) is 19.3. The number of nitrogens with zero attached hydrogens (tertiary/aromatic N) is 7. The van der Waals surface area contributed by atoms with Crippen molar-refractivity contribution in [2.45, 2.75) is 36.9 Å². The zero-order valence-corrected chi connectivity index (χ0v) is 32.9. The van der Waals surface area contributed by atoms with Gasteiger partial charge in [-0.05, 0) is 80.4 Å². The molecule has 1 saturated heterocycles. The van der Waals surface area contributed by atoms with Crippen LogP contribution in [0, 0.1) is 18.3 Å². The van der Waals surface area contributed by atoms with Gasteiger partial charge in [-0.1, -0.05) is 24.3 Å². The van der Waals surface area contributed by atoms with Gasteiger partial charge in [0.2, 0.25) is 0 Å². The smallest absolute Gasteiger partial charge is 0.416 e. The van der Waals surface area contributed by atoms with E-state index in [1.807, 2.05) is 27.2 Å². The number of carbonyl (C=O) groups excluding carboxylic acids is 2. The Kier molecular flexibility index (Phi) is 12.9. The van der Waals surface area contributed by atoms with Gasteiger partial charge in [-0.25, -0.2) is 23.6 Å². The Balaban J connectivity index is 0.000000559. The lowest BCUT2D eigenvalue weighted by Crippen LogP contribution is -2.49. The number of rotatable bonds is 8. The van der Waals surface area contributed by atoms with Crippen LogP contribution in [0.15, 0.2) is 101 Å². The maximum atomic E-state index is 14.0. The minimum absolute atomic E-state index is 0.0679. The van der Waals surface area contributed by atoms with Crippen LogP contribution >= 0.6 is 0 Å². The number of hydrogen-bond donors (Lipinski definition) is 2. The fourth-order valence-corrected chi connectivity index (χ4v) is 6.62. The van der Waals surface area contributed by atoms with Crippen LogP contribution in [0.4, 0.5) is 22.8 Å². The monoisotopic (exact) mass is 823 g/mol. The van der Waals surface area contributed by atoms with Gasteiger partial charge in [-0.3, -0.25) is 9.12 Å². The minimum Gasteiger partial charge on any atom is -0.443 e. The summed E-state index contributed by atoms with van der Waals surface area (Å²) in [7, 11) is 1.98. The highest BCUT2D eigenvalue weighted by Crippen LogP contribution is 2.32. The molecule has 2 N–H and O–H groups in total. The molecule has 2 aromatic heterocycles. The molecule has 306 valence electrons.